The summed E-state index contributed by atoms with van der Waals surface area (Å²) in [4.78, 5) is 26.4. The van der Waals surface area contributed by atoms with Crippen molar-refractivity contribution >= 4 is 17.3 Å². The molecule has 24 heavy (non-hydrogen) atoms. The molecule has 0 aromatic heterocycles. The van der Waals surface area contributed by atoms with Crippen LogP contribution in [0.4, 0.5) is 15.8 Å². The van der Waals surface area contributed by atoms with Crippen LogP contribution < -0.4 is 4.90 Å². The van der Waals surface area contributed by atoms with Crippen molar-refractivity contribution in [1.82, 2.24) is 4.90 Å². The molecule has 3 rings (SSSR count). The molecule has 0 aliphatic carbocycles. The van der Waals surface area contributed by atoms with Gasteiger partial charge in [0.05, 0.1) is 4.92 Å². The van der Waals surface area contributed by atoms with Crippen molar-refractivity contribution < 1.29 is 14.1 Å². The zero-order chi connectivity index (χ0) is 17.1. The number of hydrogen-bond donors (Lipinski definition) is 0. The second kappa shape index (κ2) is 6.66. The Morgan fingerprint density at radius 3 is 2.08 bits per heavy atom. The number of nitrogens with zero attached hydrogens (tertiary/aromatic N) is 3. The van der Waals surface area contributed by atoms with Gasteiger partial charge in [0.15, 0.2) is 0 Å². The third kappa shape index (κ3) is 3.34. The number of amides is 1. The van der Waals surface area contributed by atoms with E-state index in [0.717, 1.165) is 5.69 Å². The quantitative estimate of drug-likeness (QED) is 0.641. The topological polar surface area (TPSA) is 66.7 Å². The number of rotatable bonds is 3. The largest absolute Gasteiger partial charge is 0.368 e. The van der Waals surface area contributed by atoms with E-state index in [1.807, 2.05) is 0 Å². The van der Waals surface area contributed by atoms with Crippen LogP contribution in [0.2, 0.25) is 0 Å². The highest BCUT2D eigenvalue weighted by Crippen LogP contribution is 2.19. The number of carbonyl (C=O) groups is 1. The van der Waals surface area contributed by atoms with Crippen molar-refractivity contribution in [1.29, 1.82) is 0 Å². The number of hydrogen-bond acceptors (Lipinski definition) is 4. The SMILES string of the molecule is O=C(c1ccc([N+](=O)[O-])cc1)N1CCN(c2ccc(F)cc2)CC1. The van der Waals surface area contributed by atoms with Crippen molar-refractivity contribution in [2.75, 3.05) is 31.1 Å². The summed E-state index contributed by atoms with van der Waals surface area (Å²) in [5.74, 6) is -0.408. The molecule has 1 fully saturated rings. The van der Waals surface area contributed by atoms with Gasteiger partial charge in [-0.1, -0.05) is 0 Å². The molecule has 6 nitrogen and oxygen atoms in total. The van der Waals surface area contributed by atoms with Gasteiger partial charge in [0.1, 0.15) is 5.82 Å². The van der Waals surface area contributed by atoms with Gasteiger partial charge in [0.25, 0.3) is 11.6 Å². The minimum absolute atomic E-state index is 0.0346. The number of anilines is 1. The Balaban J connectivity index is 1.62. The maximum absolute atomic E-state index is 13.0. The van der Waals surface area contributed by atoms with Crippen LogP contribution in [-0.4, -0.2) is 41.9 Å². The summed E-state index contributed by atoms with van der Waals surface area (Å²) in [5, 5.41) is 10.7. The molecule has 0 saturated carbocycles. The first kappa shape index (κ1) is 15.9. The molecule has 1 saturated heterocycles. The molecule has 2 aromatic rings. The van der Waals surface area contributed by atoms with Crippen LogP contribution in [0.3, 0.4) is 0 Å². The monoisotopic (exact) mass is 329 g/mol. The van der Waals surface area contributed by atoms with Crippen LogP contribution in [-0.2, 0) is 0 Å². The molecular weight excluding hydrogens is 313 g/mol. The zero-order valence-corrected chi connectivity index (χ0v) is 12.9. The van der Waals surface area contributed by atoms with E-state index in [4.69, 9.17) is 0 Å². The van der Waals surface area contributed by atoms with Crippen molar-refractivity contribution in [3.63, 3.8) is 0 Å². The molecule has 0 bridgehead atoms. The molecule has 2 aromatic carbocycles. The average molecular weight is 329 g/mol. The van der Waals surface area contributed by atoms with E-state index in [9.17, 15) is 19.3 Å². The first-order valence-electron chi connectivity index (χ1n) is 7.59. The summed E-state index contributed by atoms with van der Waals surface area (Å²) in [6, 6.07) is 11.9. The van der Waals surface area contributed by atoms with E-state index in [1.165, 1.54) is 36.4 Å². The summed E-state index contributed by atoms with van der Waals surface area (Å²) in [6.45, 7) is 2.41. The van der Waals surface area contributed by atoms with Gasteiger partial charge in [0.2, 0.25) is 0 Å². The first-order valence-corrected chi connectivity index (χ1v) is 7.59. The fourth-order valence-corrected chi connectivity index (χ4v) is 2.73. The molecule has 7 heteroatoms. The second-order valence-electron chi connectivity index (χ2n) is 5.56. The Labute approximate surface area is 138 Å². The molecule has 0 unspecified atom stereocenters. The van der Waals surface area contributed by atoms with Gasteiger partial charge in [0, 0.05) is 49.6 Å². The Morgan fingerprint density at radius 2 is 1.54 bits per heavy atom. The molecule has 124 valence electrons. The average Bonchev–Trinajstić information content (AvgIpc) is 2.62. The molecule has 0 spiro atoms. The normalized spacial score (nSPS) is 14.5. The standard InChI is InChI=1S/C17H16FN3O3/c18-14-3-7-15(8-4-14)19-9-11-20(12-10-19)17(22)13-1-5-16(6-2-13)21(23)24/h1-8H,9-12H2. The Bertz CT molecular complexity index is 739. The molecule has 1 aliphatic heterocycles. The first-order chi connectivity index (χ1) is 11.5. The Morgan fingerprint density at radius 1 is 0.958 bits per heavy atom. The Kier molecular flexibility index (Phi) is 4.41. The van der Waals surface area contributed by atoms with Gasteiger partial charge in [-0.05, 0) is 36.4 Å². The van der Waals surface area contributed by atoms with Gasteiger partial charge < -0.3 is 9.80 Å². The van der Waals surface area contributed by atoms with Crippen LogP contribution >= 0.6 is 0 Å². The lowest BCUT2D eigenvalue weighted by molar-refractivity contribution is -0.384. The number of nitro groups is 1. The number of benzene rings is 2. The van der Waals surface area contributed by atoms with E-state index < -0.39 is 4.92 Å². The predicted octanol–water partition coefficient (Wildman–Crippen LogP) is 2.70. The lowest BCUT2D eigenvalue weighted by Gasteiger charge is -2.36. The Hall–Kier alpha value is -2.96. The zero-order valence-electron chi connectivity index (χ0n) is 12.9. The van der Waals surface area contributed by atoms with Gasteiger partial charge in [-0.25, -0.2) is 4.39 Å². The van der Waals surface area contributed by atoms with Gasteiger partial charge >= 0.3 is 0 Å². The summed E-state index contributed by atoms with van der Waals surface area (Å²) in [7, 11) is 0. The highest BCUT2D eigenvalue weighted by atomic mass is 19.1. The van der Waals surface area contributed by atoms with E-state index in [0.29, 0.717) is 31.7 Å². The molecular formula is C17H16FN3O3. The molecule has 0 radical (unpaired) electrons. The number of carbonyl (C=O) groups excluding carboxylic acids is 1. The van der Waals surface area contributed by atoms with E-state index in [1.54, 1.807) is 17.0 Å². The molecule has 0 N–H and O–H groups in total. The minimum atomic E-state index is -0.490. The molecule has 1 heterocycles. The predicted molar refractivity (Wildman–Crippen MR) is 87.6 cm³/mol. The number of piperazine rings is 1. The lowest BCUT2D eigenvalue weighted by atomic mass is 10.1. The van der Waals surface area contributed by atoms with Crippen LogP contribution in [0.25, 0.3) is 0 Å². The van der Waals surface area contributed by atoms with E-state index in [2.05, 4.69) is 4.90 Å². The van der Waals surface area contributed by atoms with Crippen molar-refractivity contribution in [2.24, 2.45) is 0 Å². The number of nitro benzene ring substituents is 1. The van der Waals surface area contributed by atoms with Crippen LogP contribution in [0.1, 0.15) is 10.4 Å². The fraction of sp³-hybridized carbons (Fsp3) is 0.235. The van der Waals surface area contributed by atoms with E-state index >= 15 is 0 Å². The smallest absolute Gasteiger partial charge is 0.269 e. The van der Waals surface area contributed by atoms with Crippen LogP contribution in [0.5, 0.6) is 0 Å². The van der Waals surface area contributed by atoms with Crippen molar-refractivity contribution in [3.8, 4) is 0 Å². The van der Waals surface area contributed by atoms with Crippen molar-refractivity contribution in [3.05, 3.63) is 70.0 Å². The maximum Gasteiger partial charge on any atom is 0.269 e. The van der Waals surface area contributed by atoms with Gasteiger partial charge in [-0.2, -0.15) is 0 Å². The number of non-ortho nitro benzene ring substituents is 1. The minimum Gasteiger partial charge on any atom is -0.368 e. The molecule has 1 aliphatic rings. The fourth-order valence-electron chi connectivity index (χ4n) is 2.73. The maximum atomic E-state index is 13.0. The summed E-state index contributed by atoms with van der Waals surface area (Å²) < 4.78 is 13.0. The van der Waals surface area contributed by atoms with Crippen LogP contribution in [0, 0.1) is 15.9 Å². The number of halogens is 1. The second-order valence-corrected chi connectivity index (χ2v) is 5.56. The third-order valence-electron chi connectivity index (χ3n) is 4.08. The van der Waals surface area contributed by atoms with E-state index in [-0.39, 0.29) is 17.4 Å². The van der Waals surface area contributed by atoms with Gasteiger partial charge in [-0.15, -0.1) is 0 Å². The summed E-state index contributed by atoms with van der Waals surface area (Å²) in [5.41, 5.74) is 1.34. The highest BCUT2D eigenvalue weighted by molar-refractivity contribution is 5.94. The van der Waals surface area contributed by atoms with Gasteiger partial charge in [-0.3, -0.25) is 14.9 Å². The summed E-state index contributed by atoms with van der Waals surface area (Å²) in [6.07, 6.45) is 0. The molecule has 0 atom stereocenters. The van der Waals surface area contributed by atoms with Crippen LogP contribution in [0.15, 0.2) is 48.5 Å². The molecule has 1 amide bonds. The van der Waals surface area contributed by atoms with Crippen molar-refractivity contribution in [2.45, 2.75) is 0 Å². The highest BCUT2D eigenvalue weighted by Gasteiger charge is 2.22. The third-order valence-corrected chi connectivity index (χ3v) is 4.08. The lowest BCUT2D eigenvalue weighted by Crippen LogP contribution is -2.48. The summed E-state index contributed by atoms with van der Waals surface area (Å²) >= 11 is 0.